The van der Waals surface area contributed by atoms with Gasteiger partial charge in [0.25, 0.3) is 0 Å². The highest BCUT2D eigenvalue weighted by atomic mass is 16.5. The fourth-order valence-electron chi connectivity index (χ4n) is 1.93. The molecule has 1 aromatic rings. The highest BCUT2D eigenvalue weighted by Gasteiger charge is 2.25. The number of methoxy groups -OCH3 is 1. The Morgan fingerprint density at radius 3 is 2.44 bits per heavy atom. The van der Waals surface area contributed by atoms with Gasteiger partial charge >= 0.3 is 0 Å². The molecule has 0 saturated carbocycles. The van der Waals surface area contributed by atoms with Crippen molar-refractivity contribution in [1.82, 2.24) is 5.32 Å². The molecule has 1 rings (SSSR count). The molecule has 4 heteroatoms. The van der Waals surface area contributed by atoms with Crippen LogP contribution in [-0.2, 0) is 0 Å². The van der Waals surface area contributed by atoms with Crippen LogP contribution in [0, 0.1) is 6.92 Å². The smallest absolute Gasteiger partial charge is 0.123 e. The first-order chi connectivity index (χ1) is 8.45. The van der Waals surface area contributed by atoms with Gasteiger partial charge < -0.3 is 20.3 Å². The Hall–Kier alpha value is -1.10. The summed E-state index contributed by atoms with van der Waals surface area (Å²) in [6, 6.07) is 5.94. The summed E-state index contributed by atoms with van der Waals surface area (Å²) in [5.74, 6) is 0.804. The number of ether oxygens (including phenoxy) is 1. The predicted octanol–water partition coefficient (Wildman–Crippen LogP) is 1.40. The van der Waals surface area contributed by atoms with E-state index >= 15 is 0 Å². The Bertz CT molecular complexity index is 389. The van der Waals surface area contributed by atoms with Crippen LogP contribution >= 0.6 is 0 Å². The zero-order valence-corrected chi connectivity index (χ0v) is 11.5. The summed E-state index contributed by atoms with van der Waals surface area (Å²) in [6.07, 6.45) is 0. The molecule has 0 aliphatic heterocycles. The third-order valence-corrected chi connectivity index (χ3v) is 3.11. The summed E-state index contributed by atoms with van der Waals surface area (Å²) >= 11 is 0. The van der Waals surface area contributed by atoms with E-state index in [9.17, 15) is 10.2 Å². The number of hydrogen-bond donors (Lipinski definition) is 3. The molecule has 0 aliphatic carbocycles. The van der Waals surface area contributed by atoms with Gasteiger partial charge in [-0.1, -0.05) is 17.7 Å². The molecule has 0 amide bonds. The van der Waals surface area contributed by atoms with Crippen molar-refractivity contribution in [2.24, 2.45) is 0 Å². The van der Waals surface area contributed by atoms with E-state index in [0.29, 0.717) is 0 Å². The van der Waals surface area contributed by atoms with Gasteiger partial charge in [-0.15, -0.1) is 0 Å². The number of benzene rings is 1. The van der Waals surface area contributed by atoms with Crippen LogP contribution in [0.2, 0.25) is 0 Å². The van der Waals surface area contributed by atoms with E-state index in [1.165, 1.54) is 0 Å². The first-order valence-electron chi connectivity index (χ1n) is 6.09. The van der Waals surface area contributed by atoms with Crippen molar-refractivity contribution in [1.29, 1.82) is 0 Å². The van der Waals surface area contributed by atoms with E-state index in [1.54, 1.807) is 14.0 Å². The van der Waals surface area contributed by atoms with Gasteiger partial charge in [0.05, 0.1) is 25.9 Å². The van der Waals surface area contributed by atoms with Crippen molar-refractivity contribution < 1.29 is 14.9 Å². The Balaban J connectivity index is 2.96. The number of aliphatic hydroxyl groups excluding tert-OH is 2. The molecule has 1 atom stereocenters. The van der Waals surface area contributed by atoms with Gasteiger partial charge in [0.1, 0.15) is 5.75 Å². The summed E-state index contributed by atoms with van der Waals surface area (Å²) in [4.78, 5) is 0. The van der Waals surface area contributed by atoms with Crippen LogP contribution in [0.25, 0.3) is 0 Å². The lowest BCUT2D eigenvalue weighted by atomic mass is 9.99. The van der Waals surface area contributed by atoms with E-state index in [0.717, 1.165) is 16.9 Å². The molecule has 102 valence electrons. The molecule has 0 saturated heterocycles. The Morgan fingerprint density at radius 2 is 1.94 bits per heavy atom. The fourth-order valence-corrected chi connectivity index (χ4v) is 1.93. The summed E-state index contributed by atoms with van der Waals surface area (Å²) in [7, 11) is 1.64. The summed E-state index contributed by atoms with van der Waals surface area (Å²) < 4.78 is 5.34. The molecule has 0 aromatic heterocycles. The van der Waals surface area contributed by atoms with Crippen LogP contribution in [-0.4, -0.2) is 36.1 Å². The van der Waals surface area contributed by atoms with Crippen molar-refractivity contribution in [3.05, 3.63) is 29.3 Å². The second-order valence-corrected chi connectivity index (χ2v) is 4.99. The zero-order chi connectivity index (χ0) is 13.8. The fraction of sp³-hybridized carbons (Fsp3) is 0.571. The van der Waals surface area contributed by atoms with E-state index in [-0.39, 0.29) is 19.3 Å². The van der Waals surface area contributed by atoms with Crippen molar-refractivity contribution in [2.75, 3.05) is 20.3 Å². The number of aliphatic hydroxyl groups is 2. The molecule has 1 aromatic carbocycles. The van der Waals surface area contributed by atoms with Crippen LogP contribution in [0.5, 0.6) is 5.75 Å². The minimum Gasteiger partial charge on any atom is -0.496 e. The molecule has 0 bridgehead atoms. The lowest BCUT2D eigenvalue weighted by Crippen LogP contribution is -2.49. The highest BCUT2D eigenvalue weighted by molar-refractivity contribution is 5.39. The van der Waals surface area contributed by atoms with Gasteiger partial charge in [-0.05, 0) is 26.8 Å². The Labute approximate surface area is 109 Å². The standard InChI is InChI=1S/C14H23NO3/c1-10-5-6-13(18-4)12(7-10)11(2)15-14(3,8-16)9-17/h5-7,11,15-17H,8-9H2,1-4H3. The van der Waals surface area contributed by atoms with E-state index in [4.69, 9.17) is 4.74 Å². The van der Waals surface area contributed by atoms with Crippen molar-refractivity contribution in [2.45, 2.75) is 32.4 Å². The third-order valence-electron chi connectivity index (χ3n) is 3.11. The molecule has 0 fully saturated rings. The van der Waals surface area contributed by atoms with E-state index < -0.39 is 5.54 Å². The normalized spacial score (nSPS) is 13.4. The second kappa shape index (κ2) is 6.18. The zero-order valence-electron chi connectivity index (χ0n) is 11.5. The maximum absolute atomic E-state index is 9.31. The highest BCUT2D eigenvalue weighted by Crippen LogP contribution is 2.27. The van der Waals surface area contributed by atoms with Gasteiger partial charge in [-0.25, -0.2) is 0 Å². The minimum absolute atomic E-state index is 0.0239. The third kappa shape index (κ3) is 3.45. The first kappa shape index (κ1) is 15.0. The van der Waals surface area contributed by atoms with E-state index in [2.05, 4.69) is 5.32 Å². The quantitative estimate of drug-likeness (QED) is 0.717. The topological polar surface area (TPSA) is 61.7 Å². The SMILES string of the molecule is COc1ccc(C)cc1C(C)NC(C)(CO)CO. The van der Waals surface area contributed by atoms with Crippen LogP contribution in [0.15, 0.2) is 18.2 Å². The van der Waals surface area contributed by atoms with Gasteiger partial charge in [0, 0.05) is 11.6 Å². The van der Waals surface area contributed by atoms with Crippen LogP contribution in [0.1, 0.15) is 31.0 Å². The molecular formula is C14H23NO3. The van der Waals surface area contributed by atoms with Crippen LogP contribution in [0.3, 0.4) is 0 Å². The lowest BCUT2D eigenvalue weighted by Gasteiger charge is -2.31. The second-order valence-electron chi connectivity index (χ2n) is 4.99. The maximum atomic E-state index is 9.31. The van der Waals surface area contributed by atoms with Gasteiger partial charge in [-0.3, -0.25) is 0 Å². The van der Waals surface area contributed by atoms with Crippen molar-refractivity contribution in [3.63, 3.8) is 0 Å². The number of hydrogen-bond acceptors (Lipinski definition) is 4. The summed E-state index contributed by atoms with van der Waals surface area (Å²) in [5, 5.41) is 21.8. The molecule has 0 radical (unpaired) electrons. The average Bonchev–Trinajstić information content (AvgIpc) is 2.38. The molecule has 4 nitrogen and oxygen atoms in total. The number of nitrogens with one attached hydrogen (secondary N) is 1. The minimum atomic E-state index is -0.700. The number of aryl methyl sites for hydroxylation is 1. The van der Waals surface area contributed by atoms with E-state index in [1.807, 2.05) is 32.0 Å². The molecule has 1 unspecified atom stereocenters. The predicted molar refractivity (Wildman–Crippen MR) is 71.9 cm³/mol. The maximum Gasteiger partial charge on any atom is 0.123 e. The van der Waals surface area contributed by atoms with Crippen molar-refractivity contribution >= 4 is 0 Å². The average molecular weight is 253 g/mol. The molecule has 0 spiro atoms. The lowest BCUT2D eigenvalue weighted by molar-refractivity contribution is 0.0954. The summed E-state index contributed by atoms with van der Waals surface area (Å²) in [5.41, 5.74) is 1.47. The molecule has 0 heterocycles. The largest absolute Gasteiger partial charge is 0.496 e. The number of rotatable bonds is 6. The van der Waals surface area contributed by atoms with Crippen molar-refractivity contribution in [3.8, 4) is 5.75 Å². The Morgan fingerprint density at radius 1 is 1.33 bits per heavy atom. The molecule has 0 aliphatic rings. The molecule has 3 N–H and O–H groups in total. The summed E-state index contributed by atoms with van der Waals surface area (Å²) in [6.45, 7) is 5.55. The van der Waals surface area contributed by atoms with Gasteiger partial charge in [0.15, 0.2) is 0 Å². The Kier molecular flexibility index (Phi) is 5.14. The van der Waals surface area contributed by atoms with Gasteiger partial charge in [0.2, 0.25) is 0 Å². The van der Waals surface area contributed by atoms with Gasteiger partial charge in [-0.2, -0.15) is 0 Å². The monoisotopic (exact) mass is 253 g/mol. The molecule has 18 heavy (non-hydrogen) atoms. The molecular weight excluding hydrogens is 230 g/mol. The first-order valence-corrected chi connectivity index (χ1v) is 6.09. The van der Waals surface area contributed by atoms with Crippen LogP contribution in [0.4, 0.5) is 0 Å². The van der Waals surface area contributed by atoms with Crippen LogP contribution < -0.4 is 10.1 Å².